The molecule has 1 aliphatic heterocycles. The zero-order valence-corrected chi connectivity index (χ0v) is 16.7. The summed E-state index contributed by atoms with van der Waals surface area (Å²) >= 11 is 0. The van der Waals surface area contributed by atoms with Crippen molar-refractivity contribution in [1.29, 1.82) is 5.26 Å². The monoisotopic (exact) mass is 358 g/mol. The molecule has 0 saturated carbocycles. The lowest BCUT2D eigenvalue weighted by molar-refractivity contribution is 0.413. The predicted octanol–water partition coefficient (Wildman–Crippen LogP) is 5.78. The minimum absolute atomic E-state index is 0.0456. The number of methoxy groups -OCH3 is 1. The molecular weight excluding hydrogens is 332 g/mol. The first-order valence-corrected chi connectivity index (χ1v) is 9.28. The Morgan fingerprint density at radius 1 is 1.22 bits per heavy atom. The second kappa shape index (κ2) is 7.32. The molecule has 0 aromatic heterocycles. The third kappa shape index (κ3) is 3.48. The fraction of sp³-hybridized carbons (Fsp3) is 0.292. The highest BCUT2D eigenvalue weighted by Gasteiger charge is 2.31. The number of benzene rings is 2. The molecule has 3 nitrogen and oxygen atoms in total. The van der Waals surface area contributed by atoms with Gasteiger partial charge in [0.2, 0.25) is 0 Å². The van der Waals surface area contributed by atoms with Crippen molar-refractivity contribution in [2.75, 3.05) is 18.6 Å². The molecular formula is C24H26N2O. The molecule has 1 aliphatic rings. The van der Waals surface area contributed by atoms with Crippen molar-refractivity contribution < 1.29 is 4.74 Å². The van der Waals surface area contributed by atoms with Crippen LogP contribution in [0.2, 0.25) is 0 Å². The van der Waals surface area contributed by atoms with Gasteiger partial charge in [-0.1, -0.05) is 36.4 Å². The van der Waals surface area contributed by atoms with E-state index in [1.54, 1.807) is 7.11 Å². The fourth-order valence-corrected chi connectivity index (χ4v) is 3.94. The van der Waals surface area contributed by atoms with E-state index in [0.29, 0.717) is 5.57 Å². The van der Waals surface area contributed by atoms with Crippen molar-refractivity contribution in [2.45, 2.75) is 33.2 Å². The number of hydrogen-bond acceptors (Lipinski definition) is 3. The van der Waals surface area contributed by atoms with Crippen LogP contribution in [0.3, 0.4) is 0 Å². The molecule has 0 aliphatic carbocycles. The molecule has 3 heteroatoms. The maximum absolute atomic E-state index is 9.66. The molecule has 1 heterocycles. The van der Waals surface area contributed by atoms with E-state index in [4.69, 9.17) is 4.74 Å². The van der Waals surface area contributed by atoms with E-state index in [1.165, 1.54) is 16.8 Å². The Bertz CT molecular complexity index is 946. The molecule has 0 spiro atoms. The SMILES string of the molecule is CCN1c2cc(OC)c(/C=C(/C#N)c3ccccc3)cc2C(C)=CC1(C)C. The third-order valence-corrected chi connectivity index (χ3v) is 5.15. The predicted molar refractivity (Wildman–Crippen MR) is 114 cm³/mol. The molecule has 0 fully saturated rings. The van der Waals surface area contributed by atoms with Crippen molar-refractivity contribution in [3.05, 3.63) is 65.2 Å². The Morgan fingerprint density at radius 2 is 1.93 bits per heavy atom. The van der Waals surface area contributed by atoms with E-state index >= 15 is 0 Å². The van der Waals surface area contributed by atoms with Crippen LogP contribution in [-0.4, -0.2) is 19.2 Å². The summed E-state index contributed by atoms with van der Waals surface area (Å²) in [6, 6.07) is 16.3. The van der Waals surface area contributed by atoms with Gasteiger partial charge in [-0.05, 0) is 51.0 Å². The Morgan fingerprint density at radius 3 is 2.52 bits per heavy atom. The van der Waals surface area contributed by atoms with Gasteiger partial charge in [0.25, 0.3) is 0 Å². The maximum atomic E-state index is 9.66. The average Bonchev–Trinajstić information content (AvgIpc) is 2.66. The summed E-state index contributed by atoms with van der Waals surface area (Å²) in [7, 11) is 1.68. The van der Waals surface area contributed by atoms with Crippen molar-refractivity contribution in [3.63, 3.8) is 0 Å². The molecule has 3 rings (SSSR count). The number of ether oxygens (including phenoxy) is 1. The van der Waals surface area contributed by atoms with Crippen LogP contribution in [0.15, 0.2) is 48.5 Å². The Hall–Kier alpha value is -2.99. The largest absolute Gasteiger partial charge is 0.496 e. The van der Waals surface area contributed by atoms with Crippen LogP contribution in [0, 0.1) is 11.3 Å². The van der Waals surface area contributed by atoms with Crippen LogP contribution < -0.4 is 9.64 Å². The van der Waals surface area contributed by atoms with Crippen LogP contribution in [0.25, 0.3) is 17.2 Å². The lowest BCUT2D eigenvalue weighted by Gasteiger charge is -2.43. The van der Waals surface area contributed by atoms with Gasteiger partial charge in [0, 0.05) is 29.4 Å². The van der Waals surface area contributed by atoms with E-state index in [2.05, 4.69) is 56.9 Å². The topological polar surface area (TPSA) is 36.3 Å². The van der Waals surface area contributed by atoms with Crippen molar-refractivity contribution in [2.24, 2.45) is 0 Å². The molecule has 0 N–H and O–H groups in total. The van der Waals surface area contributed by atoms with E-state index in [-0.39, 0.29) is 5.54 Å². The summed E-state index contributed by atoms with van der Waals surface area (Å²) in [6.07, 6.45) is 4.22. The molecule has 0 bridgehead atoms. The molecule has 2 aromatic carbocycles. The summed E-state index contributed by atoms with van der Waals surface area (Å²) < 4.78 is 5.69. The first-order chi connectivity index (χ1) is 12.9. The van der Waals surface area contributed by atoms with E-state index < -0.39 is 0 Å². The van der Waals surface area contributed by atoms with Crippen LogP contribution in [0.4, 0.5) is 5.69 Å². The summed E-state index contributed by atoms with van der Waals surface area (Å²) in [6.45, 7) is 9.69. The lowest BCUT2D eigenvalue weighted by Crippen LogP contribution is -2.44. The van der Waals surface area contributed by atoms with E-state index in [9.17, 15) is 5.26 Å². The van der Waals surface area contributed by atoms with Crippen LogP contribution in [0.1, 0.15) is 44.4 Å². The van der Waals surface area contributed by atoms with Gasteiger partial charge in [0.1, 0.15) is 5.75 Å². The van der Waals surface area contributed by atoms with Gasteiger partial charge in [-0.15, -0.1) is 0 Å². The first-order valence-electron chi connectivity index (χ1n) is 9.28. The number of anilines is 1. The number of hydrogen-bond donors (Lipinski definition) is 0. The lowest BCUT2D eigenvalue weighted by atomic mass is 9.87. The zero-order valence-electron chi connectivity index (χ0n) is 16.7. The van der Waals surface area contributed by atoms with Crippen molar-refractivity contribution in [3.8, 4) is 11.8 Å². The van der Waals surface area contributed by atoms with Gasteiger partial charge in [0.15, 0.2) is 0 Å². The molecule has 138 valence electrons. The Balaban J connectivity index is 2.18. The summed E-state index contributed by atoms with van der Waals surface area (Å²) in [5.74, 6) is 0.779. The number of nitriles is 1. The van der Waals surface area contributed by atoms with Gasteiger partial charge >= 0.3 is 0 Å². The van der Waals surface area contributed by atoms with Gasteiger partial charge in [-0.3, -0.25) is 0 Å². The summed E-state index contributed by atoms with van der Waals surface area (Å²) in [4.78, 5) is 2.38. The Labute approximate surface area is 162 Å². The number of fused-ring (bicyclic) bond motifs is 1. The number of rotatable bonds is 4. The first kappa shape index (κ1) is 18.8. The molecule has 0 saturated heterocycles. The van der Waals surface area contributed by atoms with Crippen LogP contribution >= 0.6 is 0 Å². The highest BCUT2D eigenvalue weighted by Crippen LogP contribution is 2.42. The maximum Gasteiger partial charge on any atom is 0.128 e. The molecule has 27 heavy (non-hydrogen) atoms. The Kier molecular flexibility index (Phi) is 5.10. The van der Waals surface area contributed by atoms with Crippen LogP contribution in [0.5, 0.6) is 5.75 Å². The highest BCUT2D eigenvalue weighted by atomic mass is 16.5. The number of allylic oxidation sites excluding steroid dienone is 2. The van der Waals surface area contributed by atoms with Crippen molar-refractivity contribution >= 4 is 22.9 Å². The quantitative estimate of drug-likeness (QED) is 0.513. The smallest absolute Gasteiger partial charge is 0.128 e. The summed E-state index contributed by atoms with van der Waals surface area (Å²) in [5.41, 5.74) is 6.01. The molecule has 2 aromatic rings. The minimum atomic E-state index is -0.0456. The molecule has 0 atom stereocenters. The molecule has 0 amide bonds. The van der Waals surface area contributed by atoms with Gasteiger partial charge in [0.05, 0.1) is 24.3 Å². The normalized spacial score (nSPS) is 15.6. The van der Waals surface area contributed by atoms with Gasteiger partial charge in [-0.25, -0.2) is 0 Å². The highest BCUT2D eigenvalue weighted by molar-refractivity contribution is 5.93. The second-order valence-corrected chi connectivity index (χ2v) is 7.37. The second-order valence-electron chi connectivity index (χ2n) is 7.37. The zero-order chi connectivity index (χ0) is 19.6. The van der Waals surface area contributed by atoms with Crippen molar-refractivity contribution in [1.82, 2.24) is 0 Å². The molecule has 0 radical (unpaired) electrons. The van der Waals surface area contributed by atoms with E-state index in [1.807, 2.05) is 36.4 Å². The third-order valence-electron chi connectivity index (χ3n) is 5.15. The average molecular weight is 358 g/mol. The molecule has 0 unspecified atom stereocenters. The standard InChI is InChI=1S/C24H26N2O/c1-6-26-22-14-23(27-5)19(13-21(22)17(2)15-24(26,3)4)12-20(16-25)18-10-8-7-9-11-18/h7-15H,6H2,1-5H3/b20-12-. The number of nitrogens with zero attached hydrogens (tertiary/aromatic N) is 2. The number of likely N-dealkylation sites (N-methyl/N-ethyl adjacent to an activating group) is 1. The van der Waals surface area contributed by atoms with E-state index in [0.717, 1.165) is 23.4 Å². The van der Waals surface area contributed by atoms with Crippen LogP contribution in [-0.2, 0) is 0 Å². The van der Waals surface area contributed by atoms with Gasteiger partial charge < -0.3 is 9.64 Å². The summed E-state index contributed by atoms with van der Waals surface area (Å²) in [5, 5.41) is 9.66. The van der Waals surface area contributed by atoms with Gasteiger partial charge in [-0.2, -0.15) is 5.26 Å². The fourth-order valence-electron chi connectivity index (χ4n) is 3.94. The minimum Gasteiger partial charge on any atom is -0.496 e.